The van der Waals surface area contributed by atoms with Crippen molar-refractivity contribution >= 4 is 87.9 Å². The summed E-state index contributed by atoms with van der Waals surface area (Å²) in [5.74, 6) is -1.27. The Morgan fingerprint density at radius 1 is 0.902 bits per heavy atom. The molecule has 2 aliphatic carbocycles. The summed E-state index contributed by atoms with van der Waals surface area (Å²) in [5.41, 5.74) is 1.75. The molecule has 0 unspecified atom stereocenters. The minimum atomic E-state index is -1.01. The van der Waals surface area contributed by atoms with E-state index in [1.807, 2.05) is 20.8 Å². The lowest BCUT2D eigenvalue weighted by molar-refractivity contribution is -0.125. The van der Waals surface area contributed by atoms with E-state index in [2.05, 4.69) is 41.4 Å². The van der Waals surface area contributed by atoms with Gasteiger partial charge in [-0.05, 0) is 82.6 Å². The molecular weight excluding hydrogens is 816 g/mol. The van der Waals surface area contributed by atoms with Crippen LogP contribution in [0.1, 0.15) is 70.4 Å². The Hall–Kier alpha value is -6.76. The smallest absolute Gasteiger partial charge is 0.416 e. The average molecular weight is 856 g/mol. The summed E-state index contributed by atoms with van der Waals surface area (Å²) in [5, 5.41) is 19.5. The number of amides is 5. The standard InChI is InChI=1S/C21H18F2N6O2.C20H22ClN5O4/c22-14-2-1-3-15(19(14)23)26-16-8-17(24-9-11-4-5-11)29-20(27-16)13(10-25-29)6-12-7-18(30)28-21(12)31;1-20(2,3)30-19(29)25(10-11-4-5-11)16-8-14(21)23-17-13(9-22-26(16)17)6-12-7-15(27)24-18(12)28/h1-3,6,8,10-11,24H,4-5,7,9H2,(H,26,27)(H,28,30,31);6,8-9,11H,4-5,7,10H2,1-3H3,(H,24,27,28)/b2*12-6+. The number of hydrogen-bond donors (Lipinski definition) is 4. The highest BCUT2D eigenvalue weighted by Gasteiger charge is 2.33. The topological polar surface area (TPSA) is 206 Å². The SMILES string of the molecule is CC(C)(C)OC(=O)N(CC1CC1)c1cc(Cl)nc2c(/C=C3\CC(=O)NC3=O)cnn12.O=C1C/C(=C\c2cnn3c(NCC4CC4)cc(Nc4cccc(F)c4F)nc23)C(=O)N1. The monoisotopic (exact) mass is 855 g/mol. The molecule has 0 radical (unpaired) electrons. The zero-order valence-corrected chi connectivity index (χ0v) is 34.0. The molecule has 0 atom stereocenters. The molecule has 1 aromatic carbocycles. The van der Waals surface area contributed by atoms with E-state index in [-0.39, 0.29) is 41.3 Å². The van der Waals surface area contributed by atoms with E-state index in [9.17, 15) is 32.8 Å². The van der Waals surface area contributed by atoms with Crippen LogP contribution >= 0.6 is 11.6 Å². The Morgan fingerprint density at radius 2 is 1.51 bits per heavy atom. The summed E-state index contributed by atoms with van der Waals surface area (Å²) >= 11 is 6.27. The Kier molecular flexibility index (Phi) is 11.0. The van der Waals surface area contributed by atoms with Crippen molar-refractivity contribution in [3.8, 4) is 0 Å². The third-order valence-electron chi connectivity index (χ3n) is 9.91. The highest BCUT2D eigenvalue weighted by Crippen LogP contribution is 2.34. The molecule has 20 heteroatoms. The van der Waals surface area contributed by atoms with Gasteiger partial charge in [-0.2, -0.15) is 19.2 Å². The maximum absolute atomic E-state index is 14.1. The first-order chi connectivity index (χ1) is 29.1. The molecule has 61 heavy (non-hydrogen) atoms. The first-order valence-corrected chi connectivity index (χ1v) is 19.9. The first kappa shape index (κ1) is 41.0. The molecule has 0 bridgehead atoms. The second kappa shape index (κ2) is 16.4. The molecule has 2 saturated heterocycles. The van der Waals surface area contributed by atoms with Crippen LogP contribution in [0.4, 0.5) is 36.7 Å². The zero-order chi connectivity index (χ0) is 43.2. The van der Waals surface area contributed by atoms with Crippen molar-refractivity contribution < 1.29 is 37.5 Å². The van der Waals surface area contributed by atoms with Crippen LogP contribution in [0.25, 0.3) is 23.4 Å². The molecule has 9 rings (SSSR count). The van der Waals surface area contributed by atoms with Crippen molar-refractivity contribution in [1.82, 2.24) is 39.8 Å². The predicted octanol–water partition coefficient (Wildman–Crippen LogP) is 5.97. The van der Waals surface area contributed by atoms with E-state index in [1.165, 1.54) is 27.7 Å². The van der Waals surface area contributed by atoms with E-state index < -0.39 is 35.1 Å². The van der Waals surface area contributed by atoms with Gasteiger partial charge in [-0.15, -0.1) is 0 Å². The maximum Gasteiger partial charge on any atom is 0.416 e. The van der Waals surface area contributed by atoms with Gasteiger partial charge in [0.2, 0.25) is 11.8 Å². The summed E-state index contributed by atoms with van der Waals surface area (Å²) in [7, 11) is 0. The number of ether oxygens (including phenoxy) is 1. The highest BCUT2D eigenvalue weighted by molar-refractivity contribution is 6.30. The van der Waals surface area contributed by atoms with Crippen molar-refractivity contribution in [3.63, 3.8) is 0 Å². The number of rotatable bonds is 10. The van der Waals surface area contributed by atoms with Crippen molar-refractivity contribution in [3.05, 3.63) is 81.8 Å². The summed E-state index contributed by atoms with van der Waals surface area (Å²) in [6.45, 7) is 6.65. The van der Waals surface area contributed by atoms with Gasteiger partial charge in [-0.3, -0.25) is 34.7 Å². The zero-order valence-electron chi connectivity index (χ0n) is 33.2. The highest BCUT2D eigenvalue weighted by atomic mass is 35.5. The van der Waals surface area contributed by atoms with Gasteiger partial charge in [0.25, 0.3) is 11.8 Å². The van der Waals surface area contributed by atoms with Crippen molar-refractivity contribution in [2.75, 3.05) is 28.6 Å². The van der Waals surface area contributed by atoms with Crippen LogP contribution in [-0.2, 0) is 23.9 Å². The summed E-state index contributed by atoms with van der Waals surface area (Å²) < 4.78 is 36.4. The molecule has 4 N–H and O–H groups in total. The normalized spacial score (nSPS) is 17.8. The molecule has 2 aliphatic heterocycles. The average Bonchev–Trinajstić information content (AvgIpc) is 4.07. The van der Waals surface area contributed by atoms with Gasteiger partial charge in [0, 0.05) is 47.5 Å². The Bertz CT molecular complexity index is 2700. The van der Waals surface area contributed by atoms with E-state index >= 15 is 0 Å². The summed E-state index contributed by atoms with van der Waals surface area (Å²) in [4.78, 5) is 70.0. The fourth-order valence-corrected chi connectivity index (χ4v) is 6.74. The number of nitrogens with one attached hydrogen (secondary N) is 4. The largest absolute Gasteiger partial charge is 0.443 e. The second-order valence-corrected chi connectivity index (χ2v) is 16.6. The van der Waals surface area contributed by atoms with Gasteiger partial charge in [-0.1, -0.05) is 17.7 Å². The van der Waals surface area contributed by atoms with Crippen LogP contribution in [-0.4, -0.2) is 77.6 Å². The number of carbonyl (C=O) groups excluding carboxylic acids is 5. The number of aromatic nitrogens is 6. The molecule has 4 aromatic heterocycles. The van der Waals surface area contributed by atoms with Crippen LogP contribution in [0.2, 0.25) is 5.15 Å². The van der Waals surface area contributed by atoms with Crippen LogP contribution < -0.4 is 26.2 Å². The van der Waals surface area contributed by atoms with Gasteiger partial charge < -0.3 is 15.4 Å². The van der Waals surface area contributed by atoms with Crippen LogP contribution in [0.5, 0.6) is 0 Å². The van der Waals surface area contributed by atoms with Gasteiger partial charge in [0.1, 0.15) is 28.2 Å². The lowest BCUT2D eigenvalue weighted by Gasteiger charge is -2.27. The molecule has 5 amide bonds. The number of imide groups is 2. The third kappa shape index (κ3) is 9.51. The number of halogens is 3. The number of fused-ring (bicyclic) bond motifs is 2. The number of anilines is 4. The van der Waals surface area contributed by atoms with E-state index in [1.54, 1.807) is 35.0 Å². The van der Waals surface area contributed by atoms with Gasteiger partial charge >= 0.3 is 6.09 Å². The number of benzene rings is 1. The van der Waals surface area contributed by atoms with E-state index in [0.717, 1.165) is 38.3 Å². The minimum absolute atomic E-state index is 0.00465. The molecule has 316 valence electrons. The van der Waals surface area contributed by atoms with Crippen molar-refractivity contribution in [1.29, 1.82) is 0 Å². The van der Waals surface area contributed by atoms with Gasteiger partial charge in [-0.25, -0.2) is 23.5 Å². The quantitative estimate of drug-likeness (QED) is 0.0729. The first-order valence-electron chi connectivity index (χ1n) is 19.6. The minimum Gasteiger partial charge on any atom is -0.443 e. The van der Waals surface area contributed by atoms with Crippen molar-refractivity contribution in [2.45, 2.75) is 64.9 Å². The van der Waals surface area contributed by atoms with Crippen LogP contribution in [0.15, 0.2) is 53.9 Å². The summed E-state index contributed by atoms with van der Waals surface area (Å²) in [6, 6.07) is 7.08. The molecule has 5 aromatic rings. The molecule has 6 heterocycles. The number of hydrogen-bond acceptors (Lipinski definition) is 12. The summed E-state index contributed by atoms with van der Waals surface area (Å²) in [6.07, 6.45) is 10.1. The second-order valence-electron chi connectivity index (χ2n) is 16.2. The predicted molar refractivity (Wildman–Crippen MR) is 220 cm³/mol. The molecule has 2 saturated carbocycles. The molecule has 4 aliphatic rings. The Morgan fingerprint density at radius 3 is 2.08 bits per heavy atom. The Labute approximate surface area is 351 Å². The molecule has 17 nitrogen and oxygen atoms in total. The lowest BCUT2D eigenvalue weighted by atomic mass is 10.1. The third-order valence-corrected chi connectivity index (χ3v) is 10.1. The maximum atomic E-state index is 14.1. The molecular formula is C41H40ClF2N11O6. The van der Waals surface area contributed by atoms with E-state index in [0.29, 0.717) is 63.6 Å². The molecule has 4 fully saturated rings. The fraction of sp³-hybridized carbons (Fsp3) is 0.341. The number of nitrogens with zero attached hydrogens (tertiary/aromatic N) is 7. The van der Waals surface area contributed by atoms with Crippen LogP contribution in [0.3, 0.4) is 0 Å². The Balaban J connectivity index is 0.000000169. The van der Waals surface area contributed by atoms with Crippen LogP contribution in [0, 0.1) is 23.5 Å². The van der Waals surface area contributed by atoms with Gasteiger partial charge in [0.05, 0.1) is 30.9 Å². The van der Waals surface area contributed by atoms with Crippen molar-refractivity contribution in [2.24, 2.45) is 11.8 Å². The fourth-order valence-electron chi connectivity index (χ4n) is 6.56. The molecule has 0 spiro atoms. The van der Waals surface area contributed by atoms with Gasteiger partial charge in [0.15, 0.2) is 22.9 Å². The lowest BCUT2D eigenvalue weighted by Crippen LogP contribution is -2.39. The van der Waals surface area contributed by atoms with E-state index in [4.69, 9.17) is 16.3 Å². The number of carbonyl (C=O) groups is 5.